The van der Waals surface area contributed by atoms with Crippen LogP contribution in [0.3, 0.4) is 0 Å². The summed E-state index contributed by atoms with van der Waals surface area (Å²) in [5.41, 5.74) is 6.05. The number of nitrogens with two attached hydrogens (primary N) is 1. The first-order valence-electron chi connectivity index (χ1n) is 7.11. The molecule has 3 aliphatic heterocycles. The van der Waals surface area contributed by atoms with Crippen LogP contribution in [0.15, 0.2) is 0 Å². The molecule has 3 saturated heterocycles. The molecular weight excluding hydrogens is 230 g/mol. The molecule has 2 bridgehead atoms. The molecular formula is C13H23N3O2. The zero-order chi connectivity index (χ0) is 12.5. The van der Waals surface area contributed by atoms with Crippen molar-refractivity contribution >= 4 is 5.91 Å². The monoisotopic (exact) mass is 253 g/mol. The minimum Gasteiger partial charge on any atom is -0.378 e. The lowest BCUT2D eigenvalue weighted by molar-refractivity contribution is -0.137. The van der Waals surface area contributed by atoms with Crippen LogP contribution in [0.25, 0.3) is 0 Å². The molecule has 0 aromatic carbocycles. The van der Waals surface area contributed by atoms with Gasteiger partial charge in [-0.2, -0.15) is 0 Å². The summed E-state index contributed by atoms with van der Waals surface area (Å²) in [4.78, 5) is 16.6. The second-order valence-electron chi connectivity index (χ2n) is 5.78. The van der Waals surface area contributed by atoms with Crippen LogP contribution in [0.5, 0.6) is 0 Å². The number of hydrogen-bond acceptors (Lipinski definition) is 4. The zero-order valence-electron chi connectivity index (χ0n) is 10.9. The molecule has 3 rings (SSSR count). The topological polar surface area (TPSA) is 58.8 Å². The number of hydrogen-bond donors (Lipinski definition) is 1. The van der Waals surface area contributed by atoms with E-state index >= 15 is 0 Å². The highest BCUT2D eigenvalue weighted by Gasteiger charge is 2.40. The first kappa shape index (κ1) is 12.4. The predicted molar refractivity (Wildman–Crippen MR) is 68.1 cm³/mol. The summed E-state index contributed by atoms with van der Waals surface area (Å²) < 4.78 is 5.28. The molecule has 0 aromatic heterocycles. The van der Waals surface area contributed by atoms with Crippen LogP contribution in [0.4, 0.5) is 0 Å². The summed E-state index contributed by atoms with van der Waals surface area (Å²) in [6, 6.07) is 1.43. The van der Waals surface area contributed by atoms with Crippen molar-refractivity contribution < 1.29 is 9.53 Å². The van der Waals surface area contributed by atoms with E-state index in [0.717, 1.165) is 25.9 Å². The van der Waals surface area contributed by atoms with Gasteiger partial charge in [0.1, 0.15) is 0 Å². The highest BCUT2D eigenvalue weighted by molar-refractivity contribution is 5.78. The molecule has 3 heterocycles. The molecule has 5 nitrogen and oxygen atoms in total. The summed E-state index contributed by atoms with van der Waals surface area (Å²) in [7, 11) is 0. The Hall–Kier alpha value is -0.650. The fourth-order valence-corrected chi connectivity index (χ4v) is 3.64. The Balaban J connectivity index is 1.58. The number of nitrogens with zero attached hydrogens (tertiary/aromatic N) is 2. The van der Waals surface area contributed by atoms with Gasteiger partial charge in [-0.05, 0) is 25.7 Å². The fourth-order valence-electron chi connectivity index (χ4n) is 3.64. The van der Waals surface area contributed by atoms with Crippen molar-refractivity contribution in [1.29, 1.82) is 0 Å². The summed E-state index contributed by atoms with van der Waals surface area (Å²) in [6.45, 7) is 3.46. The lowest BCUT2D eigenvalue weighted by Crippen LogP contribution is -2.52. The van der Waals surface area contributed by atoms with E-state index in [0.29, 0.717) is 37.9 Å². The van der Waals surface area contributed by atoms with Gasteiger partial charge in [0.05, 0.1) is 19.8 Å². The molecule has 2 atom stereocenters. The van der Waals surface area contributed by atoms with Gasteiger partial charge < -0.3 is 15.4 Å². The Bertz CT molecular complexity index is 303. The average Bonchev–Trinajstić information content (AvgIpc) is 2.62. The summed E-state index contributed by atoms with van der Waals surface area (Å²) in [5.74, 6) is 0.269. The fraction of sp³-hybridized carbons (Fsp3) is 0.923. The van der Waals surface area contributed by atoms with Crippen molar-refractivity contribution in [3.8, 4) is 0 Å². The predicted octanol–water partition coefficient (Wildman–Crippen LogP) is -0.201. The van der Waals surface area contributed by atoms with Crippen LogP contribution >= 0.6 is 0 Å². The third-order valence-electron chi connectivity index (χ3n) is 4.60. The van der Waals surface area contributed by atoms with Gasteiger partial charge >= 0.3 is 0 Å². The lowest BCUT2D eigenvalue weighted by atomic mass is 9.98. The first-order chi connectivity index (χ1) is 8.74. The Morgan fingerprint density at radius 3 is 2.39 bits per heavy atom. The maximum absolute atomic E-state index is 12.3. The van der Waals surface area contributed by atoms with Crippen molar-refractivity contribution in [3.05, 3.63) is 0 Å². The largest absolute Gasteiger partial charge is 0.378 e. The maximum atomic E-state index is 12.3. The smallest absolute Gasteiger partial charge is 0.236 e. The van der Waals surface area contributed by atoms with Crippen molar-refractivity contribution in [3.63, 3.8) is 0 Å². The third kappa shape index (κ3) is 2.39. The van der Waals surface area contributed by atoms with E-state index in [1.165, 1.54) is 12.8 Å². The summed E-state index contributed by atoms with van der Waals surface area (Å²) in [6.07, 6.45) is 4.56. The summed E-state index contributed by atoms with van der Waals surface area (Å²) in [5, 5.41) is 0. The molecule has 0 spiro atoms. The Morgan fingerprint density at radius 1 is 1.17 bits per heavy atom. The highest BCUT2D eigenvalue weighted by Crippen LogP contribution is 2.34. The Labute approximate surface area is 108 Å². The van der Waals surface area contributed by atoms with Crippen LogP contribution in [0.2, 0.25) is 0 Å². The van der Waals surface area contributed by atoms with Crippen LogP contribution < -0.4 is 5.73 Å². The standard InChI is InChI=1S/C13H23N3O2/c14-10-7-11-1-2-12(8-10)16(11)9-13(17)15-3-5-18-6-4-15/h10-12H,1-9,14H2. The van der Waals surface area contributed by atoms with E-state index in [1.54, 1.807) is 0 Å². The second kappa shape index (κ2) is 5.15. The van der Waals surface area contributed by atoms with Crippen molar-refractivity contribution in [1.82, 2.24) is 9.80 Å². The van der Waals surface area contributed by atoms with Crippen LogP contribution in [0.1, 0.15) is 25.7 Å². The van der Waals surface area contributed by atoms with Gasteiger partial charge in [0, 0.05) is 31.2 Å². The second-order valence-corrected chi connectivity index (χ2v) is 5.78. The molecule has 0 radical (unpaired) electrons. The lowest BCUT2D eigenvalue weighted by Gasteiger charge is -2.38. The van der Waals surface area contributed by atoms with E-state index in [1.807, 2.05) is 4.90 Å². The quantitative estimate of drug-likeness (QED) is 0.740. The van der Waals surface area contributed by atoms with Gasteiger partial charge in [0.2, 0.25) is 5.91 Å². The van der Waals surface area contributed by atoms with Gasteiger partial charge in [0.15, 0.2) is 0 Å². The molecule has 3 fully saturated rings. The van der Waals surface area contributed by atoms with Crippen LogP contribution in [-0.4, -0.2) is 66.7 Å². The van der Waals surface area contributed by atoms with Gasteiger partial charge in [-0.1, -0.05) is 0 Å². The van der Waals surface area contributed by atoms with Gasteiger partial charge in [-0.25, -0.2) is 0 Å². The number of carbonyl (C=O) groups is 1. The van der Waals surface area contributed by atoms with Crippen molar-refractivity contribution in [2.75, 3.05) is 32.8 Å². The molecule has 3 aliphatic rings. The average molecular weight is 253 g/mol. The number of carbonyl (C=O) groups excluding carboxylic acids is 1. The van der Waals surface area contributed by atoms with Gasteiger partial charge in [-0.3, -0.25) is 9.69 Å². The van der Waals surface area contributed by atoms with E-state index < -0.39 is 0 Å². The number of rotatable bonds is 2. The Morgan fingerprint density at radius 2 is 1.78 bits per heavy atom. The Kier molecular flexibility index (Phi) is 3.54. The molecule has 18 heavy (non-hydrogen) atoms. The molecule has 2 N–H and O–H groups in total. The molecule has 2 unspecified atom stereocenters. The minimum absolute atomic E-state index is 0.269. The molecule has 5 heteroatoms. The number of fused-ring (bicyclic) bond motifs is 2. The normalized spacial score (nSPS) is 36.9. The molecule has 0 saturated carbocycles. The summed E-state index contributed by atoms with van der Waals surface area (Å²) >= 11 is 0. The zero-order valence-corrected chi connectivity index (χ0v) is 10.9. The van der Waals surface area contributed by atoms with E-state index in [9.17, 15) is 4.79 Å². The number of ether oxygens (including phenoxy) is 1. The molecule has 102 valence electrons. The molecule has 0 aliphatic carbocycles. The first-order valence-corrected chi connectivity index (χ1v) is 7.11. The van der Waals surface area contributed by atoms with Crippen LogP contribution in [0, 0.1) is 0 Å². The van der Waals surface area contributed by atoms with Crippen molar-refractivity contribution in [2.24, 2.45) is 5.73 Å². The van der Waals surface area contributed by atoms with Crippen LogP contribution in [-0.2, 0) is 9.53 Å². The minimum atomic E-state index is 0.269. The van der Waals surface area contributed by atoms with Crippen molar-refractivity contribution in [2.45, 2.75) is 43.8 Å². The number of piperidine rings is 1. The number of morpholine rings is 1. The van der Waals surface area contributed by atoms with Gasteiger partial charge in [-0.15, -0.1) is 0 Å². The number of amides is 1. The van der Waals surface area contributed by atoms with E-state index in [2.05, 4.69) is 4.90 Å². The third-order valence-corrected chi connectivity index (χ3v) is 4.60. The molecule has 1 amide bonds. The SMILES string of the molecule is NC1CC2CCC(C1)N2CC(=O)N1CCOCC1. The maximum Gasteiger partial charge on any atom is 0.236 e. The molecule has 0 aromatic rings. The van der Waals surface area contributed by atoms with E-state index in [4.69, 9.17) is 10.5 Å². The van der Waals surface area contributed by atoms with E-state index in [-0.39, 0.29) is 5.91 Å². The van der Waals surface area contributed by atoms with Gasteiger partial charge in [0.25, 0.3) is 0 Å². The highest BCUT2D eigenvalue weighted by atomic mass is 16.5.